The van der Waals surface area contributed by atoms with E-state index in [1.807, 2.05) is 13.8 Å². The predicted octanol–water partition coefficient (Wildman–Crippen LogP) is 2.57. The molecule has 0 atom stereocenters. The number of hydrogen-bond acceptors (Lipinski definition) is 4. The average Bonchev–Trinajstić information content (AvgIpc) is 2.77. The minimum Gasteiger partial charge on any atom is -0.337 e. The van der Waals surface area contributed by atoms with Crippen LogP contribution in [0.25, 0.3) is 0 Å². The number of fused-ring (bicyclic) bond motifs is 1. The molecule has 1 aliphatic rings. The molecule has 2 heterocycles. The van der Waals surface area contributed by atoms with Gasteiger partial charge in [0.1, 0.15) is 0 Å². The predicted molar refractivity (Wildman–Crippen MR) is 75.4 cm³/mol. The summed E-state index contributed by atoms with van der Waals surface area (Å²) in [5, 5.41) is 1.68. The van der Waals surface area contributed by atoms with Crippen molar-refractivity contribution in [2.75, 3.05) is 11.9 Å². The smallest absolute Gasteiger partial charge is 0.337 e. The van der Waals surface area contributed by atoms with E-state index in [4.69, 9.17) is 0 Å². The van der Waals surface area contributed by atoms with Gasteiger partial charge in [0.15, 0.2) is 5.13 Å². The zero-order valence-electron chi connectivity index (χ0n) is 12.2. The molecule has 0 aromatic carbocycles. The van der Waals surface area contributed by atoms with Crippen molar-refractivity contribution in [1.29, 1.82) is 0 Å². The largest absolute Gasteiger partial charge is 0.471 e. The van der Waals surface area contributed by atoms with Crippen molar-refractivity contribution in [3.8, 4) is 0 Å². The Bertz CT molecular complexity index is 584. The van der Waals surface area contributed by atoms with E-state index in [0.29, 0.717) is 31.6 Å². The number of nitrogens with zero attached hydrogens (tertiary/aromatic N) is 2. The van der Waals surface area contributed by atoms with Gasteiger partial charge in [0.05, 0.1) is 12.2 Å². The Labute approximate surface area is 129 Å². The summed E-state index contributed by atoms with van der Waals surface area (Å²) in [4.78, 5) is 29.3. The fourth-order valence-corrected chi connectivity index (χ4v) is 3.13. The summed E-state index contributed by atoms with van der Waals surface area (Å²) >= 11 is 0.983. The highest BCUT2D eigenvalue weighted by Gasteiger charge is 2.39. The highest BCUT2D eigenvalue weighted by molar-refractivity contribution is 7.15. The number of anilines is 1. The lowest BCUT2D eigenvalue weighted by Crippen LogP contribution is -2.36. The molecule has 2 rings (SSSR count). The zero-order chi connectivity index (χ0) is 16.5. The number of carbonyl (C=O) groups excluding carboxylic acids is 2. The molecular formula is C13H16F3N3O2S. The molecule has 0 spiro atoms. The molecule has 0 unspecified atom stereocenters. The summed E-state index contributed by atoms with van der Waals surface area (Å²) in [6.45, 7) is 4.73. The molecule has 0 radical (unpaired) electrons. The van der Waals surface area contributed by atoms with Crippen molar-refractivity contribution in [3.63, 3.8) is 0 Å². The normalized spacial score (nSPS) is 14.9. The molecule has 5 nitrogen and oxygen atoms in total. The Morgan fingerprint density at radius 1 is 1.41 bits per heavy atom. The van der Waals surface area contributed by atoms with E-state index in [0.717, 1.165) is 16.2 Å². The maximum Gasteiger partial charge on any atom is 0.471 e. The second kappa shape index (κ2) is 6.23. The Hall–Kier alpha value is -1.64. The van der Waals surface area contributed by atoms with Gasteiger partial charge in [-0.05, 0) is 5.92 Å². The molecular weight excluding hydrogens is 319 g/mol. The van der Waals surface area contributed by atoms with Crippen LogP contribution in [0.15, 0.2) is 0 Å². The van der Waals surface area contributed by atoms with Gasteiger partial charge in [0, 0.05) is 24.3 Å². The van der Waals surface area contributed by atoms with E-state index in [1.54, 1.807) is 10.2 Å². The van der Waals surface area contributed by atoms with Gasteiger partial charge < -0.3 is 4.90 Å². The molecule has 1 aromatic rings. The van der Waals surface area contributed by atoms with Crippen LogP contribution in [0.3, 0.4) is 0 Å². The maximum atomic E-state index is 12.2. The van der Waals surface area contributed by atoms with Gasteiger partial charge in [-0.1, -0.05) is 25.2 Å². The van der Waals surface area contributed by atoms with Crippen LogP contribution in [0, 0.1) is 5.92 Å². The zero-order valence-corrected chi connectivity index (χ0v) is 13.0. The third-order valence-electron chi connectivity index (χ3n) is 3.14. The van der Waals surface area contributed by atoms with Crippen molar-refractivity contribution < 1.29 is 22.8 Å². The van der Waals surface area contributed by atoms with Crippen molar-refractivity contribution in [3.05, 3.63) is 10.6 Å². The van der Waals surface area contributed by atoms with Crippen molar-refractivity contribution in [1.82, 2.24) is 9.88 Å². The van der Waals surface area contributed by atoms with E-state index in [9.17, 15) is 22.8 Å². The number of amides is 2. The molecule has 9 heteroatoms. The highest BCUT2D eigenvalue weighted by Crippen LogP contribution is 2.30. The summed E-state index contributed by atoms with van der Waals surface area (Å²) in [6.07, 6.45) is -4.02. The van der Waals surface area contributed by atoms with Crippen LogP contribution in [0.4, 0.5) is 18.3 Å². The number of alkyl halides is 3. The molecule has 22 heavy (non-hydrogen) atoms. The number of nitrogens with one attached hydrogen (secondary N) is 1. The Morgan fingerprint density at radius 3 is 2.68 bits per heavy atom. The second-order valence-corrected chi connectivity index (χ2v) is 6.59. The van der Waals surface area contributed by atoms with Crippen molar-refractivity contribution in [2.24, 2.45) is 5.92 Å². The van der Waals surface area contributed by atoms with Crippen LogP contribution >= 0.6 is 11.3 Å². The molecule has 0 saturated carbocycles. The van der Waals surface area contributed by atoms with Gasteiger partial charge in [-0.3, -0.25) is 14.9 Å². The molecule has 1 aromatic heterocycles. The van der Waals surface area contributed by atoms with Gasteiger partial charge in [-0.2, -0.15) is 13.2 Å². The van der Waals surface area contributed by atoms with Crippen LogP contribution < -0.4 is 5.32 Å². The van der Waals surface area contributed by atoms with Crippen LogP contribution in [-0.4, -0.2) is 34.4 Å². The van der Waals surface area contributed by atoms with Crippen LogP contribution in [-0.2, 0) is 22.6 Å². The molecule has 0 fully saturated rings. The van der Waals surface area contributed by atoms with E-state index >= 15 is 0 Å². The first-order chi connectivity index (χ1) is 10.2. The lowest BCUT2D eigenvalue weighted by Gasteiger charge is -2.26. The molecule has 0 bridgehead atoms. The van der Waals surface area contributed by atoms with Gasteiger partial charge in [0.2, 0.25) is 5.91 Å². The van der Waals surface area contributed by atoms with Gasteiger partial charge in [-0.25, -0.2) is 4.98 Å². The number of aromatic nitrogens is 1. The van der Waals surface area contributed by atoms with Crippen molar-refractivity contribution >= 4 is 28.3 Å². The van der Waals surface area contributed by atoms with Crippen LogP contribution in [0.1, 0.15) is 30.8 Å². The van der Waals surface area contributed by atoms with Crippen LogP contribution in [0.2, 0.25) is 0 Å². The number of carbonyl (C=O) groups is 2. The lowest BCUT2D eigenvalue weighted by molar-refractivity contribution is -0.167. The Morgan fingerprint density at radius 2 is 2.09 bits per heavy atom. The summed E-state index contributed by atoms with van der Waals surface area (Å²) < 4.78 is 36.7. The second-order valence-electron chi connectivity index (χ2n) is 5.50. The fraction of sp³-hybridized carbons (Fsp3) is 0.615. The third-order valence-corrected chi connectivity index (χ3v) is 4.14. The number of halogens is 3. The first kappa shape index (κ1) is 16.7. The van der Waals surface area contributed by atoms with Gasteiger partial charge in [0.25, 0.3) is 0 Å². The van der Waals surface area contributed by atoms with Gasteiger partial charge in [-0.15, -0.1) is 0 Å². The van der Waals surface area contributed by atoms with E-state index in [1.165, 1.54) is 0 Å². The third kappa shape index (κ3) is 3.96. The van der Waals surface area contributed by atoms with E-state index in [2.05, 4.69) is 4.98 Å². The first-order valence-corrected chi connectivity index (χ1v) is 7.63. The quantitative estimate of drug-likeness (QED) is 0.923. The number of rotatable bonds is 3. The summed E-state index contributed by atoms with van der Waals surface area (Å²) in [5.41, 5.74) is 0.649. The molecule has 0 aliphatic carbocycles. The Kier molecular flexibility index (Phi) is 4.74. The Balaban J connectivity index is 2.04. The highest BCUT2D eigenvalue weighted by atomic mass is 32.1. The lowest BCUT2D eigenvalue weighted by atomic mass is 10.1. The monoisotopic (exact) mass is 335 g/mol. The molecule has 0 saturated heterocycles. The maximum absolute atomic E-state index is 12.2. The topological polar surface area (TPSA) is 62.3 Å². The fourth-order valence-electron chi connectivity index (χ4n) is 2.11. The molecule has 1 aliphatic heterocycles. The van der Waals surface area contributed by atoms with Gasteiger partial charge >= 0.3 is 12.1 Å². The molecule has 1 N–H and O–H groups in total. The summed E-state index contributed by atoms with van der Waals surface area (Å²) in [5.74, 6) is -1.77. The molecule has 122 valence electrons. The first-order valence-electron chi connectivity index (χ1n) is 6.81. The minimum absolute atomic E-state index is 0.0231. The molecule has 2 amide bonds. The summed E-state index contributed by atoms with van der Waals surface area (Å²) in [7, 11) is 0. The van der Waals surface area contributed by atoms with E-state index in [-0.39, 0.29) is 17.0 Å². The number of hydrogen-bond donors (Lipinski definition) is 1. The van der Waals surface area contributed by atoms with Crippen molar-refractivity contribution in [2.45, 2.75) is 39.4 Å². The van der Waals surface area contributed by atoms with Crippen LogP contribution in [0.5, 0.6) is 0 Å². The SMILES string of the molecule is CC(C)CC(=O)N1CCc2nc(NC(=O)C(F)(F)F)sc2C1. The minimum atomic E-state index is -4.94. The summed E-state index contributed by atoms with van der Waals surface area (Å²) in [6, 6.07) is 0. The standard InChI is InChI=1S/C13H16F3N3O2S/c1-7(2)5-10(20)19-4-3-8-9(6-19)22-12(17-8)18-11(21)13(14,15)16/h7H,3-6H2,1-2H3,(H,17,18,21). The van der Waals surface area contributed by atoms with E-state index < -0.39 is 12.1 Å². The average molecular weight is 335 g/mol. The number of thiazole rings is 1.